The number of hydrogen-bond donors (Lipinski definition) is 0. The number of nitrogens with zero attached hydrogens (tertiary/aromatic N) is 2. The van der Waals surface area contributed by atoms with Gasteiger partial charge in [0.1, 0.15) is 12.3 Å². The molecule has 0 radical (unpaired) electrons. The molecule has 3 rings (SSSR count). The van der Waals surface area contributed by atoms with Gasteiger partial charge in [-0.15, -0.1) is 0 Å². The van der Waals surface area contributed by atoms with Crippen LogP contribution in [-0.2, 0) is 16.1 Å². The number of rotatable bonds is 6. The van der Waals surface area contributed by atoms with Gasteiger partial charge in [-0.1, -0.05) is 35.1 Å². The van der Waals surface area contributed by atoms with Crippen LogP contribution >= 0.6 is 22.9 Å². The van der Waals surface area contributed by atoms with Gasteiger partial charge in [0.15, 0.2) is 4.80 Å². The van der Waals surface area contributed by atoms with Crippen molar-refractivity contribution < 1.29 is 19.1 Å². The molecule has 0 bridgehead atoms. The maximum Gasteiger partial charge on any atom is 0.326 e. The number of benzene rings is 2. The van der Waals surface area contributed by atoms with Crippen LogP contribution in [0.5, 0.6) is 5.75 Å². The zero-order valence-corrected chi connectivity index (χ0v) is 17.0. The Labute approximate surface area is 171 Å². The number of halogens is 1. The summed E-state index contributed by atoms with van der Waals surface area (Å²) in [7, 11) is 0. The van der Waals surface area contributed by atoms with Crippen molar-refractivity contribution >= 4 is 45.0 Å². The van der Waals surface area contributed by atoms with Crippen molar-refractivity contribution in [3.63, 3.8) is 0 Å². The highest BCUT2D eigenvalue weighted by Gasteiger charge is 2.15. The SMILES string of the molecule is CCOC(=O)Cn1c(=NC(=O)c2ccccc2OCC)sc2cc(Cl)ccc21. The van der Waals surface area contributed by atoms with Crippen LogP contribution < -0.4 is 9.54 Å². The highest BCUT2D eigenvalue weighted by atomic mass is 35.5. The van der Waals surface area contributed by atoms with E-state index in [2.05, 4.69) is 4.99 Å². The number of carbonyl (C=O) groups is 2. The van der Waals surface area contributed by atoms with Gasteiger partial charge < -0.3 is 14.0 Å². The smallest absolute Gasteiger partial charge is 0.326 e. The standard InChI is InChI=1S/C20H19ClN2O4S/c1-3-26-16-8-6-5-7-14(16)19(25)22-20-23(12-18(24)27-4-2)15-10-9-13(21)11-17(15)28-20/h5-11H,3-4,12H2,1-2H3. The minimum atomic E-state index is -0.445. The molecule has 0 aliphatic rings. The average Bonchev–Trinajstić information content (AvgIpc) is 2.98. The molecule has 2 aromatic carbocycles. The molecule has 1 aromatic heterocycles. The summed E-state index contributed by atoms with van der Waals surface area (Å²) in [5.41, 5.74) is 1.12. The molecule has 0 atom stereocenters. The molecule has 8 heteroatoms. The molecule has 0 fully saturated rings. The van der Waals surface area contributed by atoms with Crippen LogP contribution in [0.15, 0.2) is 47.5 Å². The first kappa shape index (κ1) is 20.1. The third-order valence-corrected chi connectivity index (χ3v) is 5.13. The third kappa shape index (κ3) is 4.43. The molecule has 0 unspecified atom stereocenters. The second kappa shape index (κ2) is 9.03. The van der Waals surface area contributed by atoms with E-state index in [0.29, 0.717) is 27.7 Å². The van der Waals surface area contributed by atoms with Gasteiger partial charge in [0, 0.05) is 5.02 Å². The second-order valence-electron chi connectivity index (χ2n) is 5.73. The lowest BCUT2D eigenvalue weighted by molar-refractivity contribution is -0.143. The largest absolute Gasteiger partial charge is 0.493 e. The summed E-state index contributed by atoms with van der Waals surface area (Å²) in [6.07, 6.45) is 0. The minimum Gasteiger partial charge on any atom is -0.493 e. The summed E-state index contributed by atoms with van der Waals surface area (Å²) in [5.74, 6) is -0.375. The van der Waals surface area contributed by atoms with Crippen molar-refractivity contribution in [1.82, 2.24) is 4.57 Å². The van der Waals surface area contributed by atoms with Crippen LogP contribution in [-0.4, -0.2) is 29.7 Å². The molecule has 1 heterocycles. The van der Waals surface area contributed by atoms with Gasteiger partial charge >= 0.3 is 5.97 Å². The number of amides is 1. The lowest BCUT2D eigenvalue weighted by Crippen LogP contribution is -2.23. The number of para-hydroxylation sites is 1. The maximum absolute atomic E-state index is 12.8. The predicted octanol–water partition coefficient (Wildman–Crippen LogP) is 4.06. The Hall–Kier alpha value is -2.64. The van der Waals surface area contributed by atoms with E-state index >= 15 is 0 Å². The van der Waals surface area contributed by atoms with Crippen molar-refractivity contribution in [2.24, 2.45) is 4.99 Å². The third-order valence-electron chi connectivity index (χ3n) is 3.85. The fraction of sp³-hybridized carbons (Fsp3) is 0.250. The lowest BCUT2D eigenvalue weighted by Gasteiger charge is -2.07. The fourth-order valence-electron chi connectivity index (χ4n) is 2.69. The van der Waals surface area contributed by atoms with E-state index < -0.39 is 11.9 Å². The Bertz CT molecular complexity index is 1090. The van der Waals surface area contributed by atoms with Crippen molar-refractivity contribution in [1.29, 1.82) is 0 Å². The van der Waals surface area contributed by atoms with E-state index in [1.165, 1.54) is 11.3 Å². The number of fused-ring (bicyclic) bond motifs is 1. The van der Waals surface area contributed by atoms with Crippen LogP contribution in [0.2, 0.25) is 5.02 Å². The summed E-state index contributed by atoms with van der Waals surface area (Å²) in [6.45, 7) is 4.26. The van der Waals surface area contributed by atoms with E-state index in [1.807, 2.05) is 6.92 Å². The summed E-state index contributed by atoms with van der Waals surface area (Å²) < 4.78 is 13.1. The quantitative estimate of drug-likeness (QED) is 0.566. The van der Waals surface area contributed by atoms with Gasteiger partial charge in [-0.25, -0.2) is 0 Å². The predicted molar refractivity (Wildman–Crippen MR) is 109 cm³/mol. The van der Waals surface area contributed by atoms with E-state index in [9.17, 15) is 9.59 Å². The summed E-state index contributed by atoms with van der Waals surface area (Å²) in [6, 6.07) is 12.2. The topological polar surface area (TPSA) is 69.9 Å². The van der Waals surface area contributed by atoms with E-state index in [-0.39, 0.29) is 13.2 Å². The van der Waals surface area contributed by atoms with Gasteiger partial charge in [-0.2, -0.15) is 4.99 Å². The highest BCUT2D eigenvalue weighted by Crippen LogP contribution is 2.23. The molecule has 0 aliphatic heterocycles. The van der Waals surface area contributed by atoms with Crippen LogP contribution in [0, 0.1) is 0 Å². The normalized spacial score (nSPS) is 11.6. The Morgan fingerprint density at radius 1 is 1.14 bits per heavy atom. The summed E-state index contributed by atoms with van der Waals surface area (Å²) in [5, 5.41) is 0.566. The molecule has 0 saturated heterocycles. The van der Waals surface area contributed by atoms with Crippen molar-refractivity contribution in [3.8, 4) is 5.75 Å². The zero-order valence-electron chi connectivity index (χ0n) is 15.5. The van der Waals surface area contributed by atoms with E-state index in [1.54, 1.807) is 54.0 Å². The molecule has 0 spiro atoms. The number of ether oxygens (including phenoxy) is 2. The average molecular weight is 419 g/mol. The van der Waals surface area contributed by atoms with Gasteiger partial charge in [-0.3, -0.25) is 9.59 Å². The Morgan fingerprint density at radius 3 is 2.68 bits per heavy atom. The first-order chi connectivity index (χ1) is 13.5. The second-order valence-corrected chi connectivity index (χ2v) is 7.18. The van der Waals surface area contributed by atoms with Crippen LogP contribution in [0.1, 0.15) is 24.2 Å². The van der Waals surface area contributed by atoms with Crippen LogP contribution in [0.3, 0.4) is 0 Å². The van der Waals surface area contributed by atoms with Gasteiger partial charge in [0.05, 0.1) is 29.0 Å². The number of carbonyl (C=O) groups excluding carboxylic acids is 2. The number of thiazole rings is 1. The zero-order chi connectivity index (χ0) is 20.1. The number of esters is 1. The van der Waals surface area contributed by atoms with Gasteiger partial charge in [0.25, 0.3) is 5.91 Å². The molecule has 0 aliphatic carbocycles. The lowest BCUT2D eigenvalue weighted by atomic mass is 10.2. The van der Waals surface area contributed by atoms with E-state index in [0.717, 1.165) is 10.2 Å². The number of aromatic nitrogens is 1. The molecule has 0 saturated carbocycles. The molecule has 1 amide bonds. The Balaban J connectivity index is 2.10. The van der Waals surface area contributed by atoms with Crippen molar-refractivity contribution in [3.05, 3.63) is 57.9 Å². The number of hydrogen-bond acceptors (Lipinski definition) is 5. The van der Waals surface area contributed by atoms with Gasteiger partial charge in [0.2, 0.25) is 0 Å². The molecule has 3 aromatic rings. The minimum absolute atomic E-state index is 0.0469. The molecule has 28 heavy (non-hydrogen) atoms. The highest BCUT2D eigenvalue weighted by molar-refractivity contribution is 7.16. The van der Waals surface area contributed by atoms with E-state index in [4.69, 9.17) is 21.1 Å². The molecule has 146 valence electrons. The molecular weight excluding hydrogens is 400 g/mol. The maximum atomic E-state index is 12.8. The van der Waals surface area contributed by atoms with Crippen LogP contribution in [0.25, 0.3) is 10.2 Å². The first-order valence-corrected chi connectivity index (χ1v) is 9.98. The summed E-state index contributed by atoms with van der Waals surface area (Å²) in [4.78, 5) is 29.5. The Morgan fingerprint density at radius 2 is 1.93 bits per heavy atom. The molecule has 6 nitrogen and oxygen atoms in total. The monoisotopic (exact) mass is 418 g/mol. The molecule has 0 N–H and O–H groups in total. The van der Waals surface area contributed by atoms with Crippen molar-refractivity contribution in [2.45, 2.75) is 20.4 Å². The fourth-order valence-corrected chi connectivity index (χ4v) is 4.00. The first-order valence-electron chi connectivity index (χ1n) is 8.78. The van der Waals surface area contributed by atoms with Crippen LogP contribution in [0.4, 0.5) is 0 Å². The summed E-state index contributed by atoms with van der Waals surface area (Å²) >= 11 is 7.37. The Kier molecular flexibility index (Phi) is 6.49. The molecular formula is C20H19ClN2O4S. The van der Waals surface area contributed by atoms with Crippen molar-refractivity contribution in [2.75, 3.05) is 13.2 Å². The van der Waals surface area contributed by atoms with Gasteiger partial charge in [-0.05, 0) is 44.2 Å².